The number of anilines is 1. The Morgan fingerprint density at radius 1 is 1.32 bits per heavy atom. The zero-order valence-electron chi connectivity index (χ0n) is 11.1. The maximum Gasteiger partial charge on any atom is 0.137 e. The molecule has 0 radical (unpaired) electrons. The summed E-state index contributed by atoms with van der Waals surface area (Å²) in [5, 5.41) is 7.08. The third-order valence-electron chi connectivity index (χ3n) is 2.69. The van der Waals surface area contributed by atoms with Gasteiger partial charge in [0.25, 0.3) is 0 Å². The summed E-state index contributed by atoms with van der Waals surface area (Å²) < 4.78 is 0. The Balaban J connectivity index is 1.97. The largest absolute Gasteiger partial charge is 0.369 e. The molecule has 0 spiro atoms. The van der Waals surface area contributed by atoms with Crippen molar-refractivity contribution in [3.05, 3.63) is 33.1 Å². The van der Waals surface area contributed by atoms with E-state index >= 15 is 0 Å². The third-order valence-corrected chi connectivity index (χ3v) is 4.04. The summed E-state index contributed by atoms with van der Waals surface area (Å²) in [6.07, 6.45) is 4.30. The van der Waals surface area contributed by atoms with Crippen molar-refractivity contribution >= 4 is 28.8 Å². The number of thiazole rings is 1. The maximum absolute atomic E-state index is 6.11. The van der Waals surface area contributed by atoms with Crippen LogP contribution >= 0.6 is 22.9 Å². The Labute approximate surface area is 122 Å². The number of aromatic nitrogens is 3. The lowest BCUT2D eigenvalue weighted by molar-refractivity contribution is 0.892. The van der Waals surface area contributed by atoms with Gasteiger partial charge < -0.3 is 5.32 Å². The van der Waals surface area contributed by atoms with Gasteiger partial charge in [-0.2, -0.15) is 0 Å². The molecular formula is C13H17ClN4S. The molecule has 0 aliphatic carbocycles. The molecule has 102 valence electrons. The molecular weight excluding hydrogens is 280 g/mol. The zero-order valence-corrected chi connectivity index (χ0v) is 12.7. The predicted molar refractivity (Wildman–Crippen MR) is 80.1 cm³/mol. The number of aryl methyl sites for hydroxylation is 1. The fourth-order valence-corrected chi connectivity index (χ4v) is 2.82. The van der Waals surface area contributed by atoms with E-state index in [1.165, 1.54) is 6.33 Å². The van der Waals surface area contributed by atoms with E-state index in [1.54, 1.807) is 11.3 Å². The van der Waals surface area contributed by atoms with E-state index < -0.39 is 0 Å². The van der Waals surface area contributed by atoms with Crippen LogP contribution in [0.15, 0.2) is 11.7 Å². The standard InChI is InChI=1S/C13H17ClN4S/c1-3-4-10-12(14)16-8-17-13(10)15-6-5-11-18-9(2)7-19-11/h7-8H,3-6H2,1-2H3,(H,15,16,17). The number of hydrogen-bond acceptors (Lipinski definition) is 5. The Bertz CT molecular complexity index is 541. The lowest BCUT2D eigenvalue weighted by Gasteiger charge is -2.10. The molecule has 0 aliphatic heterocycles. The fourth-order valence-electron chi connectivity index (χ4n) is 1.82. The van der Waals surface area contributed by atoms with Crippen LogP contribution in [0.2, 0.25) is 5.15 Å². The van der Waals surface area contributed by atoms with Gasteiger partial charge in [0.15, 0.2) is 0 Å². The summed E-state index contributed by atoms with van der Waals surface area (Å²) in [4.78, 5) is 12.7. The molecule has 0 aromatic carbocycles. The molecule has 0 atom stereocenters. The Morgan fingerprint density at radius 3 is 2.84 bits per heavy atom. The minimum Gasteiger partial charge on any atom is -0.369 e. The Morgan fingerprint density at radius 2 is 2.16 bits per heavy atom. The average Bonchev–Trinajstić information content (AvgIpc) is 2.79. The second-order valence-corrected chi connectivity index (χ2v) is 5.60. The first-order valence-corrected chi connectivity index (χ1v) is 7.60. The van der Waals surface area contributed by atoms with Crippen LogP contribution in [0.25, 0.3) is 0 Å². The van der Waals surface area contributed by atoms with Gasteiger partial charge in [0.05, 0.1) is 5.01 Å². The first-order valence-electron chi connectivity index (χ1n) is 6.35. The van der Waals surface area contributed by atoms with Gasteiger partial charge in [-0.15, -0.1) is 11.3 Å². The van der Waals surface area contributed by atoms with E-state index in [-0.39, 0.29) is 0 Å². The van der Waals surface area contributed by atoms with E-state index in [0.717, 1.165) is 47.9 Å². The van der Waals surface area contributed by atoms with Crippen LogP contribution < -0.4 is 5.32 Å². The van der Waals surface area contributed by atoms with Gasteiger partial charge >= 0.3 is 0 Å². The molecule has 0 saturated carbocycles. The molecule has 1 N–H and O–H groups in total. The van der Waals surface area contributed by atoms with Crippen LogP contribution in [-0.2, 0) is 12.8 Å². The van der Waals surface area contributed by atoms with E-state index in [1.807, 2.05) is 6.92 Å². The summed E-state index contributed by atoms with van der Waals surface area (Å²) in [5.41, 5.74) is 2.08. The molecule has 0 bridgehead atoms. The molecule has 0 fully saturated rings. The molecule has 6 heteroatoms. The highest BCUT2D eigenvalue weighted by atomic mass is 35.5. The first kappa shape index (κ1) is 14.2. The smallest absolute Gasteiger partial charge is 0.137 e. The van der Waals surface area contributed by atoms with Gasteiger partial charge in [-0.3, -0.25) is 0 Å². The van der Waals surface area contributed by atoms with Crippen molar-refractivity contribution in [3.8, 4) is 0 Å². The van der Waals surface area contributed by atoms with E-state index in [2.05, 4.69) is 32.6 Å². The molecule has 2 aromatic heterocycles. The highest BCUT2D eigenvalue weighted by Crippen LogP contribution is 2.21. The normalized spacial score (nSPS) is 10.7. The topological polar surface area (TPSA) is 50.7 Å². The quantitative estimate of drug-likeness (QED) is 0.829. The average molecular weight is 297 g/mol. The molecule has 2 heterocycles. The lowest BCUT2D eigenvalue weighted by atomic mass is 10.2. The summed E-state index contributed by atoms with van der Waals surface area (Å²) in [6.45, 7) is 4.93. The highest BCUT2D eigenvalue weighted by molar-refractivity contribution is 7.09. The van der Waals surface area contributed by atoms with Gasteiger partial charge in [-0.25, -0.2) is 15.0 Å². The summed E-state index contributed by atoms with van der Waals surface area (Å²) >= 11 is 7.80. The van der Waals surface area contributed by atoms with Crippen molar-refractivity contribution in [1.82, 2.24) is 15.0 Å². The van der Waals surface area contributed by atoms with Crippen molar-refractivity contribution in [3.63, 3.8) is 0 Å². The number of hydrogen-bond donors (Lipinski definition) is 1. The maximum atomic E-state index is 6.11. The monoisotopic (exact) mass is 296 g/mol. The van der Waals surface area contributed by atoms with Gasteiger partial charge in [-0.1, -0.05) is 24.9 Å². The summed E-state index contributed by atoms with van der Waals surface area (Å²) in [6, 6.07) is 0. The molecule has 0 amide bonds. The molecule has 19 heavy (non-hydrogen) atoms. The Hall–Kier alpha value is -1.20. The minimum atomic E-state index is 0.546. The predicted octanol–water partition coefficient (Wildman–Crippen LogP) is 3.50. The van der Waals surface area contributed by atoms with Crippen LogP contribution in [-0.4, -0.2) is 21.5 Å². The van der Waals surface area contributed by atoms with Crippen molar-refractivity contribution in [2.24, 2.45) is 0 Å². The molecule has 0 saturated heterocycles. The first-order chi connectivity index (χ1) is 9.20. The number of nitrogens with zero attached hydrogens (tertiary/aromatic N) is 3. The van der Waals surface area contributed by atoms with Gasteiger partial charge in [0.2, 0.25) is 0 Å². The second-order valence-electron chi connectivity index (χ2n) is 4.30. The fraction of sp³-hybridized carbons (Fsp3) is 0.462. The van der Waals surface area contributed by atoms with Gasteiger partial charge in [0.1, 0.15) is 17.3 Å². The minimum absolute atomic E-state index is 0.546. The molecule has 2 rings (SSSR count). The SMILES string of the molecule is CCCc1c(Cl)ncnc1NCCc1nc(C)cs1. The molecule has 0 aliphatic rings. The number of nitrogens with one attached hydrogen (secondary N) is 1. The summed E-state index contributed by atoms with van der Waals surface area (Å²) in [7, 11) is 0. The van der Waals surface area contributed by atoms with Gasteiger partial charge in [-0.05, 0) is 13.3 Å². The number of halogens is 1. The van der Waals surface area contributed by atoms with Crippen molar-refractivity contribution in [1.29, 1.82) is 0 Å². The third kappa shape index (κ3) is 3.88. The van der Waals surface area contributed by atoms with Gasteiger partial charge in [0, 0.05) is 29.6 Å². The summed E-state index contributed by atoms with van der Waals surface area (Å²) in [5.74, 6) is 0.843. The highest BCUT2D eigenvalue weighted by Gasteiger charge is 2.08. The van der Waals surface area contributed by atoms with E-state index in [4.69, 9.17) is 11.6 Å². The van der Waals surface area contributed by atoms with Crippen LogP contribution in [0.5, 0.6) is 0 Å². The molecule has 4 nitrogen and oxygen atoms in total. The van der Waals surface area contributed by atoms with E-state index in [0.29, 0.717) is 5.15 Å². The van der Waals surface area contributed by atoms with Crippen LogP contribution in [0.3, 0.4) is 0 Å². The van der Waals surface area contributed by atoms with E-state index in [9.17, 15) is 0 Å². The van der Waals surface area contributed by atoms with Crippen LogP contribution in [0, 0.1) is 6.92 Å². The van der Waals surface area contributed by atoms with Crippen LogP contribution in [0.4, 0.5) is 5.82 Å². The van der Waals surface area contributed by atoms with Crippen molar-refractivity contribution < 1.29 is 0 Å². The zero-order chi connectivity index (χ0) is 13.7. The van der Waals surface area contributed by atoms with Crippen LogP contribution in [0.1, 0.15) is 29.6 Å². The van der Waals surface area contributed by atoms with Crippen molar-refractivity contribution in [2.45, 2.75) is 33.1 Å². The molecule has 2 aromatic rings. The number of rotatable bonds is 6. The Kier molecular flexibility index (Phi) is 5.10. The lowest BCUT2D eigenvalue weighted by Crippen LogP contribution is -2.09. The van der Waals surface area contributed by atoms with Crippen molar-refractivity contribution in [2.75, 3.05) is 11.9 Å². The second kappa shape index (κ2) is 6.82. The molecule has 0 unspecified atom stereocenters.